The van der Waals surface area contributed by atoms with Crippen LogP contribution in [0.2, 0.25) is 0 Å². The molecule has 1 aliphatic rings. The number of pyridine rings is 1. The number of fused-ring (bicyclic) bond motifs is 1. The lowest BCUT2D eigenvalue weighted by molar-refractivity contribution is -0.0279. The Morgan fingerprint density at radius 3 is 3.21 bits per heavy atom. The van der Waals surface area contributed by atoms with Crippen LogP contribution in [0.4, 0.5) is 0 Å². The van der Waals surface area contributed by atoms with Crippen LogP contribution in [0.5, 0.6) is 0 Å². The van der Waals surface area contributed by atoms with E-state index in [1.54, 1.807) is 29.2 Å². The van der Waals surface area contributed by atoms with Gasteiger partial charge in [0.1, 0.15) is 0 Å². The van der Waals surface area contributed by atoms with E-state index in [0.29, 0.717) is 24.2 Å². The summed E-state index contributed by atoms with van der Waals surface area (Å²) in [4.78, 5) is 22.8. The minimum atomic E-state index is -0.109. The molecule has 0 amide bonds. The van der Waals surface area contributed by atoms with Crippen molar-refractivity contribution < 1.29 is 4.74 Å². The van der Waals surface area contributed by atoms with Crippen molar-refractivity contribution in [1.82, 2.24) is 19.4 Å². The molecular formula is C13H16N4O2. The molecule has 6 nitrogen and oxygen atoms in total. The summed E-state index contributed by atoms with van der Waals surface area (Å²) in [7, 11) is 2.05. The topological polar surface area (TPSA) is 60.2 Å². The third kappa shape index (κ3) is 2.50. The SMILES string of the molecule is CN1CCO[C@H](Cn2cnc3cccnc3c2=O)C1. The molecule has 19 heavy (non-hydrogen) atoms. The summed E-state index contributed by atoms with van der Waals surface area (Å²) >= 11 is 0. The van der Waals surface area contributed by atoms with Crippen LogP contribution < -0.4 is 5.56 Å². The van der Waals surface area contributed by atoms with Gasteiger partial charge in [-0.1, -0.05) is 0 Å². The Kier molecular flexibility index (Phi) is 3.27. The van der Waals surface area contributed by atoms with Crippen LogP contribution in [0.1, 0.15) is 0 Å². The first kappa shape index (κ1) is 12.3. The molecule has 1 saturated heterocycles. The first-order valence-electron chi connectivity index (χ1n) is 6.34. The molecule has 0 spiro atoms. The average Bonchev–Trinajstić information content (AvgIpc) is 2.42. The van der Waals surface area contributed by atoms with Gasteiger partial charge in [-0.15, -0.1) is 0 Å². The highest BCUT2D eigenvalue weighted by atomic mass is 16.5. The minimum absolute atomic E-state index is 0.0272. The third-order valence-electron chi connectivity index (χ3n) is 3.33. The Morgan fingerprint density at radius 1 is 1.47 bits per heavy atom. The molecule has 3 rings (SSSR count). The van der Waals surface area contributed by atoms with Gasteiger partial charge in [-0.05, 0) is 19.2 Å². The molecule has 3 heterocycles. The van der Waals surface area contributed by atoms with Gasteiger partial charge in [0.15, 0.2) is 5.52 Å². The maximum absolute atomic E-state index is 12.3. The number of morpholine rings is 1. The number of ether oxygens (including phenoxy) is 1. The molecule has 0 saturated carbocycles. The van der Waals surface area contributed by atoms with Gasteiger partial charge in [0.25, 0.3) is 5.56 Å². The van der Waals surface area contributed by atoms with Gasteiger partial charge in [0.05, 0.1) is 31.1 Å². The number of hydrogen-bond donors (Lipinski definition) is 0. The van der Waals surface area contributed by atoms with Gasteiger partial charge < -0.3 is 9.64 Å². The van der Waals surface area contributed by atoms with E-state index < -0.39 is 0 Å². The lowest BCUT2D eigenvalue weighted by atomic mass is 10.2. The zero-order valence-electron chi connectivity index (χ0n) is 10.8. The second kappa shape index (κ2) is 5.07. The highest BCUT2D eigenvalue weighted by Gasteiger charge is 2.19. The van der Waals surface area contributed by atoms with Gasteiger partial charge in [-0.2, -0.15) is 0 Å². The van der Waals surface area contributed by atoms with Crippen LogP contribution in [0.15, 0.2) is 29.5 Å². The molecular weight excluding hydrogens is 244 g/mol. The number of likely N-dealkylation sites (N-methyl/N-ethyl adjacent to an activating group) is 1. The molecule has 0 aliphatic carbocycles. The van der Waals surface area contributed by atoms with Crippen LogP contribution in [0.3, 0.4) is 0 Å². The van der Waals surface area contributed by atoms with Gasteiger partial charge in [-0.25, -0.2) is 9.97 Å². The molecule has 2 aromatic heterocycles. The quantitative estimate of drug-likeness (QED) is 0.767. The van der Waals surface area contributed by atoms with Crippen molar-refractivity contribution in [1.29, 1.82) is 0 Å². The van der Waals surface area contributed by atoms with Crippen molar-refractivity contribution in [3.63, 3.8) is 0 Å². The first-order valence-corrected chi connectivity index (χ1v) is 6.34. The van der Waals surface area contributed by atoms with Crippen LogP contribution in [-0.2, 0) is 11.3 Å². The number of nitrogens with zero attached hydrogens (tertiary/aromatic N) is 4. The lowest BCUT2D eigenvalue weighted by Gasteiger charge is -2.30. The van der Waals surface area contributed by atoms with Gasteiger partial charge >= 0.3 is 0 Å². The van der Waals surface area contributed by atoms with Crippen molar-refractivity contribution >= 4 is 11.0 Å². The predicted octanol–water partition coefficient (Wildman–Crippen LogP) is 0.122. The standard InChI is InChI=1S/C13H16N4O2/c1-16-5-6-19-10(7-16)8-17-9-15-11-3-2-4-14-12(11)13(17)18/h2-4,9-10H,5-8H2,1H3/t10-/m0/s1. The third-order valence-corrected chi connectivity index (χ3v) is 3.33. The molecule has 1 aliphatic heterocycles. The summed E-state index contributed by atoms with van der Waals surface area (Å²) in [6.07, 6.45) is 3.21. The normalized spacial score (nSPS) is 20.8. The fourth-order valence-electron chi connectivity index (χ4n) is 2.31. The zero-order valence-corrected chi connectivity index (χ0v) is 10.8. The Bertz CT molecular complexity index is 640. The molecule has 0 bridgehead atoms. The maximum Gasteiger partial charge on any atom is 0.279 e. The van der Waals surface area contributed by atoms with E-state index in [0.717, 1.165) is 13.1 Å². The van der Waals surface area contributed by atoms with Crippen molar-refractivity contribution in [2.75, 3.05) is 26.7 Å². The number of aromatic nitrogens is 3. The van der Waals surface area contributed by atoms with Crippen LogP contribution in [-0.4, -0.2) is 52.3 Å². The fourth-order valence-corrected chi connectivity index (χ4v) is 2.31. The smallest absolute Gasteiger partial charge is 0.279 e. The summed E-state index contributed by atoms with van der Waals surface area (Å²) in [5, 5.41) is 0. The Hall–Kier alpha value is -1.79. The van der Waals surface area contributed by atoms with E-state index in [1.807, 2.05) is 0 Å². The molecule has 6 heteroatoms. The van der Waals surface area contributed by atoms with Gasteiger partial charge in [-0.3, -0.25) is 9.36 Å². The van der Waals surface area contributed by atoms with Crippen molar-refractivity contribution in [3.05, 3.63) is 35.0 Å². The molecule has 100 valence electrons. The van der Waals surface area contributed by atoms with E-state index in [9.17, 15) is 4.79 Å². The molecule has 0 aromatic carbocycles. The fraction of sp³-hybridized carbons (Fsp3) is 0.462. The summed E-state index contributed by atoms with van der Waals surface area (Å²) in [6, 6.07) is 3.57. The van der Waals surface area contributed by atoms with Crippen molar-refractivity contribution in [3.8, 4) is 0 Å². The van der Waals surface area contributed by atoms with Crippen molar-refractivity contribution in [2.24, 2.45) is 0 Å². The van der Waals surface area contributed by atoms with Gasteiger partial charge in [0, 0.05) is 19.3 Å². The monoisotopic (exact) mass is 260 g/mol. The van der Waals surface area contributed by atoms with Crippen LogP contribution >= 0.6 is 0 Å². The van der Waals surface area contributed by atoms with E-state index in [-0.39, 0.29) is 11.7 Å². The Balaban J connectivity index is 1.89. The van der Waals surface area contributed by atoms with E-state index in [2.05, 4.69) is 21.9 Å². The average molecular weight is 260 g/mol. The molecule has 2 aromatic rings. The summed E-state index contributed by atoms with van der Waals surface area (Å²) < 4.78 is 7.25. The van der Waals surface area contributed by atoms with E-state index in [4.69, 9.17) is 4.74 Å². The largest absolute Gasteiger partial charge is 0.374 e. The molecule has 0 radical (unpaired) electrons. The van der Waals surface area contributed by atoms with Gasteiger partial charge in [0.2, 0.25) is 0 Å². The predicted molar refractivity (Wildman–Crippen MR) is 71.0 cm³/mol. The first-order chi connectivity index (χ1) is 9.24. The highest BCUT2D eigenvalue weighted by molar-refractivity contribution is 5.71. The molecule has 1 atom stereocenters. The number of rotatable bonds is 2. The second-order valence-corrected chi connectivity index (χ2v) is 4.83. The molecule has 0 N–H and O–H groups in total. The van der Waals surface area contributed by atoms with Crippen molar-refractivity contribution in [2.45, 2.75) is 12.6 Å². The summed E-state index contributed by atoms with van der Waals surface area (Å²) in [5.74, 6) is 0. The second-order valence-electron chi connectivity index (χ2n) is 4.83. The van der Waals surface area contributed by atoms with Crippen LogP contribution in [0, 0.1) is 0 Å². The lowest BCUT2D eigenvalue weighted by Crippen LogP contribution is -2.43. The summed E-state index contributed by atoms with van der Waals surface area (Å²) in [5.41, 5.74) is 0.932. The Morgan fingerprint density at radius 2 is 2.37 bits per heavy atom. The summed E-state index contributed by atoms with van der Waals surface area (Å²) in [6.45, 7) is 2.98. The number of hydrogen-bond acceptors (Lipinski definition) is 5. The maximum atomic E-state index is 12.3. The Labute approximate surface area is 110 Å². The van der Waals surface area contributed by atoms with E-state index >= 15 is 0 Å². The zero-order chi connectivity index (χ0) is 13.2. The van der Waals surface area contributed by atoms with E-state index in [1.165, 1.54) is 0 Å². The molecule has 1 fully saturated rings. The molecule has 0 unspecified atom stereocenters. The minimum Gasteiger partial charge on any atom is -0.374 e. The highest BCUT2D eigenvalue weighted by Crippen LogP contribution is 2.06. The van der Waals surface area contributed by atoms with Crippen LogP contribution in [0.25, 0.3) is 11.0 Å².